The van der Waals surface area contributed by atoms with E-state index in [0.29, 0.717) is 17.4 Å². The molecule has 2 N–H and O–H groups in total. The summed E-state index contributed by atoms with van der Waals surface area (Å²) in [4.78, 5) is 23.9. The fourth-order valence-electron chi connectivity index (χ4n) is 2.78. The fourth-order valence-corrected chi connectivity index (χ4v) is 3.96. The third kappa shape index (κ3) is 5.48. The van der Waals surface area contributed by atoms with Gasteiger partial charge in [-0.3, -0.25) is 9.59 Å². The van der Waals surface area contributed by atoms with Crippen LogP contribution in [0.5, 0.6) is 0 Å². The maximum Gasteiger partial charge on any atom is 0.237 e. The van der Waals surface area contributed by atoms with Crippen molar-refractivity contribution in [3.63, 3.8) is 0 Å². The van der Waals surface area contributed by atoms with Crippen LogP contribution in [0.2, 0.25) is 0 Å². The Labute approximate surface area is 187 Å². The van der Waals surface area contributed by atoms with E-state index >= 15 is 0 Å². The standard InChI is InChI=1S/C21H22BrN5O2S/c1-4-18(20(29)24-17-11-7-15(22)8-12-17)30-21-26-25-19(27(21)3)14-5-9-16(10-6-14)23-13(2)28/h5-12,18H,4H2,1-3H3,(H,23,28)(H,24,29). The Bertz CT molecular complexity index is 1030. The van der Waals surface area contributed by atoms with Gasteiger partial charge in [0.1, 0.15) is 0 Å². The molecule has 3 aromatic rings. The molecule has 9 heteroatoms. The molecule has 0 radical (unpaired) electrons. The molecule has 0 aliphatic carbocycles. The van der Waals surface area contributed by atoms with Crippen molar-refractivity contribution in [3.8, 4) is 11.4 Å². The van der Waals surface area contributed by atoms with E-state index in [1.165, 1.54) is 18.7 Å². The highest BCUT2D eigenvalue weighted by atomic mass is 79.9. The van der Waals surface area contributed by atoms with Gasteiger partial charge in [0.05, 0.1) is 5.25 Å². The minimum Gasteiger partial charge on any atom is -0.326 e. The van der Waals surface area contributed by atoms with E-state index in [1.54, 1.807) is 0 Å². The summed E-state index contributed by atoms with van der Waals surface area (Å²) < 4.78 is 2.83. The van der Waals surface area contributed by atoms with E-state index < -0.39 is 0 Å². The van der Waals surface area contributed by atoms with Crippen molar-refractivity contribution in [1.29, 1.82) is 0 Å². The Hall–Kier alpha value is -2.65. The quantitative estimate of drug-likeness (QED) is 0.471. The van der Waals surface area contributed by atoms with Gasteiger partial charge in [-0.05, 0) is 55.0 Å². The van der Waals surface area contributed by atoms with Crippen LogP contribution in [-0.4, -0.2) is 31.8 Å². The van der Waals surface area contributed by atoms with E-state index in [9.17, 15) is 9.59 Å². The summed E-state index contributed by atoms with van der Waals surface area (Å²) in [6.07, 6.45) is 0.653. The summed E-state index contributed by atoms with van der Waals surface area (Å²) in [5.74, 6) is 0.496. The molecule has 2 amide bonds. The summed E-state index contributed by atoms with van der Waals surface area (Å²) in [6.45, 7) is 3.44. The van der Waals surface area contributed by atoms with Crippen LogP contribution >= 0.6 is 27.7 Å². The highest BCUT2D eigenvalue weighted by Gasteiger charge is 2.22. The first kappa shape index (κ1) is 22.0. The minimum absolute atomic E-state index is 0.0750. The molecule has 0 bridgehead atoms. The molecule has 3 rings (SSSR count). The van der Waals surface area contributed by atoms with Crippen molar-refractivity contribution in [2.45, 2.75) is 30.7 Å². The number of thioether (sulfide) groups is 1. The van der Waals surface area contributed by atoms with Crippen LogP contribution < -0.4 is 10.6 Å². The van der Waals surface area contributed by atoms with Gasteiger partial charge in [-0.15, -0.1) is 10.2 Å². The summed E-state index contributed by atoms with van der Waals surface area (Å²) in [6, 6.07) is 14.9. The Kier molecular flexibility index (Phi) is 7.28. The van der Waals surface area contributed by atoms with E-state index in [0.717, 1.165) is 21.4 Å². The molecule has 0 saturated carbocycles. The second-order valence-electron chi connectivity index (χ2n) is 6.63. The number of benzene rings is 2. The molecule has 0 fully saturated rings. The second kappa shape index (κ2) is 9.90. The Morgan fingerprint density at radius 1 is 1.03 bits per heavy atom. The highest BCUT2D eigenvalue weighted by molar-refractivity contribution is 9.10. The van der Waals surface area contributed by atoms with E-state index in [4.69, 9.17) is 0 Å². The topological polar surface area (TPSA) is 88.9 Å². The van der Waals surface area contributed by atoms with Crippen molar-refractivity contribution in [3.05, 3.63) is 53.0 Å². The van der Waals surface area contributed by atoms with Crippen LogP contribution in [0.4, 0.5) is 11.4 Å². The smallest absolute Gasteiger partial charge is 0.237 e. The van der Waals surface area contributed by atoms with Gasteiger partial charge in [-0.25, -0.2) is 0 Å². The third-order valence-corrected chi connectivity index (χ3v) is 6.25. The van der Waals surface area contributed by atoms with Crippen molar-refractivity contribution < 1.29 is 9.59 Å². The molecule has 0 spiro atoms. The number of aromatic nitrogens is 3. The lowest BCUT2D eigenvalue weighted by Crippen LogP contribution is -2.25. The Morgan fingerprint density at radius 2 is 1.63 bits per heavy atom. The molecule has 1 atom stereocenters. The van der Waals surface area contributed by atoms with Gasteiger partial charge in [0.2, 0.25) is 11.8 Å². The maximum atomic E-state index is 12.7. The molecule has 1 aromatic heterocycles. The highest BCUT2D eigenvalue weighted by Crippen LogP contribution is 2.28. The largest absolute Gasteiger partial charge is 0.326 e. The number of hydrogen-bond donors (Lipinski definition) is 2. The average molecular weight is 488 g/mol. The first-order valence-electron chi connectivity index (χ1n) is 9.38. The van der Waals surface area contributed by atoms with Crippen molar-refractivity contribution in [1.82, 2.24) is 14.8 Å². The molecule has 0 aliphatic rings. The maximum absolute atomic E-state index is 12.7. The molecule has 30 heavy (non-hydrogen) atoms. The monoisotopic (exact) mass is 487 g/mol. The van der Waals surface area contributed by atoms with Crippen LogP contribution in [0.15, 0.2) is 58.2 Å². The van der Waals surface area contributed by atoms with Crippen molar-refractivity contribution >= 4 is 50.9 Å². The van der Waals surface area contributed by atoms with Crippen molar-refractivity contribution in [2.75, 3.05) is 10.6 Å². The minimum atomic E-state index is -0.300. The number of nitrogens with one attached hydrogen (secondary N) is 2. The lowest BCUT2D eigenvalue weighted by molar-refractivity contribution is -0.116. The summed E-state index contributed by atoms with van der Waals surface area (Å²) in [5, 5.41) is 14.6. The molecule has 0 aliphatic heterocycles. The van der Waals surface area contributed by atoms with Crippen molar-refractivity contribution in [2.24, 2.45) is 7.05 Å². The van der Waals surface area contributed by atoms with Gasteiger partial charge in [-0.2, -0.15) is 0 Å². The number of hydrogen-bond acceptors (Lipinski definition) is 5. The number of carbonyl (C=O) groups is 2. The van der Waals surface area contributed by atoms with Gasteiger partial charge < -0.3 is 15.2 Å². The first-order valence-corrected chi connectivity index (χ1v) is 11.0. The number of carbonyl (C=O) groups excluding carboxylic acids is 2. The van der Waals surface area contributed by atoms with Crippen LogP contribution in [0.25, 0.3) is 11.4 Å². The van der Waals surface area contributed by atoms with Gasteiger partial charge in [0.15, 0.2) is 11.0 Å². The molecular weight excluding hydrogens is 466 g/mol. The second-order valence-corrected chi connectivity index (χ2v) is 8.72. The van der Waals surface area contributed by atoms with Gasteiger partial charge in [0.25, 0.3) is 0 Å². The number of nitrogens with zero attached hydrogens (tertiary/aromatic N) is 3. The SMILES string of the molecule is CCC(Sc1nnc(-c2ccc(NC(C)=O)cc2)n1C)C(=O)Nc1ccc(Br)cc1. The number of halogens is 1. The first-order chi connectivity index (χ1) is 14.4. The Morgan fingerprint density at radius 3 is 2.23 bits per heavy atom. The molecule has 1 heterocycles. The summed E-state index contributed by atoms with van der Waals surface area (Å²) in [5.41, 5.74) is 2.34. The van der Waals surface area contributed by atoms with Crippen LogP contribution in [-0.2, 0) is 16.6 Å². The number of rotatable bonds is 7. The summed E-state index contributed by atoms with van der Waals surface area (Å²) >= 11 is 4.77. The molecular formula is C21H22BrN5O2S. The van der Waals surface area contributed by atoms with Crippen LogP contribution in [0.1, 0.15) is 20.3 Å². The molecule has 2 aromatic carbocycles. The normalized spacial score (nSPS) is 11.7. The third-order valence-electron chi connectivity index (χ3n) is 4.32. The van der Waals surface area contributed by atoms with Crippen LogP contribution in [0.3, 0.4) is 0 Å². The zero-order valence-corrected chi connectivity index (χ0v) is 19.3. The number of anilines is 2. The van der Waals surface area contributed by atoms with E-state index in [2.05, 4.69) is 36.8 Å². The average Bonchev–Trinajstić information content (AvgIpc) is 3.08. The van der Waals surface area contributed by atoms with Gasteiger partial charge in [-0.1, -0.05) is 34.6 Å². The molecule has 1 unspecified atom stereocenters. The number of amides is 2. The lowest BCUT2D eigenvalue weighted by Gasteiger charge is -2.14. The molecule has 156 valence electrons. The van der Waals surface area contributed by atoms with E-state index in [1.807, 2.05) is 67.1 Å². The fraction of sp³-hybridized carbons (Fsp3) is 0.238. The summed E-state index contributed by atoms with van der Waals surface area (Å²) in [7, 11) is 1.87. The zero-order chi connectivity index (χ0) is 21.7. The van der Waals surface area contributed by atoms with Gasteiger partial charge in [0, 0.05) is 35.4 Å². The lowest BCUT2D eigenvalue weighted by atomic mass is 10.2. The predicted molar refractivity (Wildman–Crippen MR) is 123 cm³/mol. The van der Waals surface area contributed by atoms with Gasteiger partial charge >= 0.3 is 0 Å². The van der Waals surface area contributed by atoms with Crippen LogP contribution in [0, 0.1) is 0 Å². The predicted octanol–water partition coefficient (Wildman–Crippen LogP) is 4.71. The zero-order valence-electron chi connectivity index (χ0n) is 16.8. The van der Waals surface area contributed by atoms with E-state index in [-0.39, 0.29) is 17.1 Å². The molecule has 0 saturated heterocycles. The molecule has 7 nitrogen and oxygen atoms in total. The Balaban J connectivity index is 1.71.